The van der Waals surface area contributed by atoms with Crippen LogP contribution in [-0.2, 0) is 9.59 Å². The average molecular weight is 402 g/mol. The molecule has 2 amide bonds. The number of benzene rings is 2. The molecule has 1 N–H and O–H groups in total. The van der Waals surface area contributed by atoms with Crippen LogP contribution in [0.2, 0.25) is 0 Å². The van der Waals surface area contributed by atoms with E-state index in [2.05, 4.69) is 52.8 Å². The summed E-state index contributed by atoms with van der Waals surface area (Å²) in [5.74, 6) is 0.0806. The predicted molar refractivity (Wildman–Crippen MR) is 118 cm³/mol. The summed E-state index contributed by atoms with van der Waals surface area (Å²) in [4.78, 5) is 23.4. The van der Waals surface area contributed by atoms with E-state index in [1.807, 2.05) is 18.2 Å². The number of amides is 2. The second kappa shape index (κ2) is 8.74. The zero-order valence-corrected chi connectivity index (χ0v) is 17.5. The number of hydrogen-bond donors (Lipinski definition) is 1. The predicted octanol–water partition coefficient (Wildman–Crippen LogP) is 6.04. The van der Waals surface area contributed by atoms with Gasteiger partial charge in [0.2, 0.25) is 5.91 Å². The van der Waals surface area contributed by atoms with E-state index in [-0.39, 0.29) is 23.8 Å². The summed E-state index contributed by atoms with van der Waals surface area (Å²) in [6, 6.07) is 16.4. The number of nitrogens with one attached hydrogen (secondary N) is 1. The van der Waals surface area contributed by atoms with Gasteiger partial charge in [0.05, 0.1) is 6.04 Å². The molecule has 1 aliphatic carbocycles. The summed E-state index contributed by atoms with van der Waals surface area (Å²) in [6.07, 6.45) is 4.87. The van der Waals surface area contributed by atoms with Crippen molar-refractivity contribution in [2.75, 3.05) is 5.32 Å². The Balaban J connectivity index is 1.54. The van der Waals surface area contributed by atoms with Crippen molar-refractivity contribution in [1.29, 1.82) is 0 Å². The minimum Gasteiger partial charge on any atom is -0.326 e. The molecule has 4 rings (SSSR count). The van der Waals surface area contributed by atoms with Crippen LogP contribution in [-0.4, -0.2) is 17.9 Å². The molecular formula is C25H27N3O2. The van der Waals surface area contributed by atoms with Gasteiger partial charge in [-0.3, -0.25) is 9.59 Å². The topological polar surface area (TPSA) is 70.9 Å². The number of rotatable bonds is 5. The smallest absolute Gasteiger partial charge is 0.291 e. The van der Waals surface area contributed by atoms with Gasteiger partial charge in [0.25, 0.3) is 5.91 Å². The molecule has 2 atom stereocenters. The Morgan fingerprint density at radius 1 is 1.10 bits per heavy atom. The van der Waals surface area contributed by atoms with E-state index in [4.69, 9.17) is 0 Å². The molecule has 1 heterocycles. The molecule has 30 heavy (non-hydrogen) atoms. The van der Waals surface area contributed by atoms with Crippen LogP contribution in [0.4, 0.5) is 5.69 Å². The fourth-order valence-electron chi connectivity index (χ4n) is 4.46. The van der Waals surface area contributed by atoms with Gasteiger partial charge >= 0.3 is 0 Å². The van der Waals surface area contributed by atoms with Gasteiger partial charge in [-0.1, -0.05) is 43.3 Å². The van der Waals surface area contributed by atoms with Gasteiger partial charge in [-0.25, -0.2) is 0 Å². The molecule has 2 aromatic rings. The number of carbonyl (C=O) groups excluding carboxylic acids is 2. The Morgan fingerprint density at radius 3 is 2.63 bits per heavy atom. The lowest BCUT2D eigenvalue weighted by Crippen LogP contribution is -2.22. The molecule has 0 saturated carbocycles. The molecular weight excluding hydrogens is 374 g/mol. The number of carbonyl (C=O) groups is 2. The number of azo groups is 1. The van der Waals surface area contributed by atoms with Crippen LogP contribution >= 0.6 is 0 Å². The Bertz CT molecular complexity index is 1040. The minimum absolute atomic E-state index is 0.0137. The number of hydrogen-bond acceptors (Lipinski definition) is 3. The molecule has 0 bridgehead atoms. The number of anilines is 1. The molecule has 154 valence electrons. The number of nitrogens with zero attached hydrogens (tertiary/aromatic N) is 2. The molecule has 0 spiro atoms. The summed E-state index contributed by atoms with van der Waals surface area (Å²) in [5.41, 5.74) is 6.34. The van der Waals surface area contributed by atoms with E-state index in [1.165, 1.54) is 18.1 Å². The van der Waals surface area contributed by atoms with Gasteiger partial charge < -0.3 is 5.32 Å². The van der Waals surface area contributed by atoms with Crippen LogP contribution in [0.3, 0.4) is 0 Å². The molecule has 0 fully saturated rings. The highest BCUT2D eigenvalue weighted by atomic mass is 16.2. The first-order valence-corrected chi connectivity index (χ1v) is 10.7. The van der Waals surface area contributed by atoms with Gasteiger partial charge in [0, 0.05) is 18.2 Å². The van der Waals surface area contributed by atoms with Crippen molar-refractivity contribution in [3.05, 3.63) is 65.2 Å². The minimum atomic E-state index is -0.130. The van der Waals surface area contributed by atoms with Crippen molar-refractivity contribution in [1.82, 2.24) is 0 Å². The highest BCUT2D eigenvalue weighted by molar-refractivity contribution is 5.95. The summed E-state index contributed by atoms with van der Waals surface area (Å²) in [5, 5.41) is 11.1. The largest absolute Gasteiger partial charge is 0.326 e. The first-order chi connectivity index (χ1) is 14.5. The first-order valence-electron chi connectivity index (χ1n) is 10.7. The molecule has 1 aliphatic heterocycles. The standard InChI is InChI=1S/C25H27N3O2/c1-16(13-24-22-11-3-4-12-23(22)25(30)28-27-24)18-7-5-8-19(14-18)20-9-6-10-21(15-20)26-17(2)29/h5-10,14-16,24H,3-4,11-13H2,1-2H3,(H,26,29). The maximum Gasteiger partial charge on any atom is 0.291 e. The van der Waals surface area contributed by atoms with Gasteiger partial charge in [-0.05, 0) is 72.4 Å². The summed E-state index contributed by atoms with van der Waals surface area (Å²) < 4.78 is 0. The summed E-state index contributed by atoms with van der Waals surface area (Å²) >= 11 is 0. The van der Waals surface area contributed by atoms with E-state index >= 15 is 0 Å². The van der Waals surface area contributed by atoms with E-state index in [0.29, 0.717) is 0 Å². The third-order valence-electron chi connectivity index (χ3n) is 6.01. The third kappa shape index (κ3) is 4.40. The summed E-state index contributed by atoms with van der Waals surface area (Å²) in [6.45, 7) is 3.72. The molecule has 0 radical (unpaired) electrons. The highest BCUT2D eigenvalue weighted by Gasteiger charge is 2.30. The lowest BCUT2D eigenvalue weighted by atomic mass is 9.82. The van der Waals surface area contributed by atoms with Gasteiger partial charge in [-0.2, -0.15) is 5.11 Å². The van der Waals surface area contributed by atoms with E-state index in [9.17, 15) is 9.59 Å². The fourth-order valence-corrected chi connectivity index (χ4v) is 4.46. The van der Waals surface area contributed by atoms with E-state index in [1.54, 1.807) is 0 Å². The summed E-state index contributed by atoms with van der Waals surface area (Å²) in [7, 11) is 0. The van der Waals surface area contributed by atoms with Crippen molar-refractivity contribution >= 4 is 17.5 Å². The van der Waals surface area contributed by atoms with Crippen molar-refractivity contribution in [2.45, 2.75) is 57.9 Å². The van der Waals surface area contributed by atoms with Crippen molar-refractivity contribution < 1.29 is 9.59 Å². The first kappa shape index (κ1) is 20.2. The molecule has 0 aromatic heterocycles. The van der Waals surface area contributed by atoms with Crippen LogP contribution in [0.15, 0.2) is 69.9 Å². The molecule has 5 heteroatoms. The fraction of sp³-hybridized carbons (Fsp3) is 0.360. The van der Waals surface area contributed by atoms with Crippen LogP contribution < -0.4 is 5.32 Å². The third-order valence-corrected chi connectivity index (χ3v) is 6.01. The van der Waals surface area contributed by atoms with Crippen LogP contribution in [0.1, 0.15) is 57.4 Å². The monoisotopic (exact) mass is 401 g/mol. The molecule has 2 aromatic carbocycles. The zero-order chi connectivity index (χ0) is 21.1. The molecule has 0 saturated heterocycles. The average Bonchev–Trinajstić information content (AvgIpc) is 2.76. The quantitative estimate of drug-likeness (QED) is 0.664. The van der Waals surface area contributed by atoms with E-state index in [0.717, 1.165) is 54.5 Å². The second-order valence-electron chi connectivity index (χ2n) is 8.27. The van der Waals surface area contributed by atoms with Crippen LogP contribution in [0, 0.1) is 0 Å². The van der Waals surface area contributed by atoms with Gasteiger partial charge in [0.15, 0.2) is 0 Å². The Morgan fingerprint density at radius 2 is 1.83 bits per heavy atom. The second-order valence-corrected chi connectivity index (χ2v) is 8.27. The van der Waals surface area contributed by atoms with Gasteiger partial charge in [0.1, 0.15) is 0 Å². The Labute approximate surface area is 177 Å². The van der Waals surface area contributed by atoms with Crippen molar-refractivity contribution in [3.8, 4) is 11.1 Å². The maximum absolute atomic E-state index is 12.1. The van der Waals surface area contributed by atoms with Crippen molar-refractivity contribution in [3.63, 3.8) is 0 Å². The van der Waals surface area contributed by atoms with E-state index < -0.39 is 0 Å². The lowest BCUT2D eigenvalue weighted by Gasteiger charge is -2.27. The highest BCUT2D eigenvalue weighted by Crippen LogP contribution is 2.37. The zero-order valence-electron chi connectivity index (χ0n) is 17.5. The molecule has 2 aliphatic rings. The Kier molecular flexibility index (Phi) is 5.88. The maximum atomic E-state index is 12.1. The molecule has 5 nitrogen and oxygen atoms in total. The SMILES string of the molecule is CC(=O)Nc1cccc(-c2cccc(C(C)CC3N=NC(=O)C4=C3CCCC4)c2)c1. The Hall–Kier alpha value is -3.08. The normalized spacial score (nSPS) is 19.4. The van der Waals surface area contributed by atoms with Crippen molar-refractivity contribution in [2.24, 2.45) is 10.2 Å². The van der Waals surface area contributed by atoms with Crippen LogP contribution in [0.5, 0.6) is 0 Å². The van der Waals surface area contributed by atoms with Crippen LogP contribution in [0.25, 0.3) is 11.1 Å². The lowest BCUT2D eigenvalue weighted by molar-refractivity contribution is -0.115. The van der Waals surface area contributed by atoms with Gasteiger partial charge in [-0.15, -0.1) is 5.11 Å². The molecule has 2 unspecified atom stereocenters.